The van der Waals surface area contributed by atoms with E-state index in [9.17, 15) is 15.0 Å². The SMILES string of the molecule is O=C(C1CNC1)N1CC(O)C(O)C1. The number of carbonyl (C=O) groups excluding carboxylic acids is 1. The maximum absolute atomic E-state index is 11.6. The molecule has 74 valence electrons. The lowest BCUT2D eigenvalue weighted by Gasteiger charge is -2.29. The summed E-state index contributed by atoms with van der Waals surface area (Å²) in [7, 11) is 0. The van der Waals surface area contributed by atoms with Gasteiger partial charge in [-0.25, -0.2) is 0 Å². The zero-order valence-corrected chi connectivity index (χ0v) is 7.31. The van der Waals surface area contributed by atoms with Crippen molar-refractivity contribution in [2.24, 2.45) is 5.92 Å². The molecule has 0 aromatic heterocycles. The maximum Gasteiger partial charge on any atom is 0.228 e. The highest BCUT2D eigenvalue weighted by Crippen LogP contribution is 2.15. The number of rotatable bonds is 1. The standard InChI is InChI=1S/C8H14N2O3/c11-6-3-10(4-7(6)12)8(13)5-1-9-2-5/h5-7,9,11-12H,1-4H2. The lowest BCUT2D eigenvalue weighted by Crippen LogP contribution is -2.51. The molecule has 2 aliphatic heterocycles. The molecule has 2 heterocycles. The van der Waals surface area contributed by atoms with Crippen LogP contribution in [-0.2, 0) is 4.79 Å². The Bertz CT molecular complexity index is 207. The molecule has 5 nitrogen and oxygen atoms in total. The van der Waals surface area contributed by atoms with Crippen LogP contribution in [0.5, 0.6) is 0 Å². The molecule has 0 spiro atoms. The topological polar surface area (TPSA) is 72.8 Å². The Balaban J connectivity index is 1.91. The van der Waals surface area contributed by atoms with Crippen LogP contribution in [0.25, 0.3) is 0 Å². The average Bonchev–Trinajstić information content (AvgIpc) is 2.28. The molecule has 5 heteroatoms. The third-order valence-electron chi connectivity index (χ3n) is 2.70. The molecule has 0 aromatic carbocycles. The van der Waals surface area contributed by atoms with E-state index in [1.807, 2.05) is 0 Å². The number of carbonyl (C=O) groups is 1. The maximum atomic E-state index is 11.6. The third-order valence-corrected chi connectivity index (χ3v) is 2.70. The van der Waals surface area contributed by atoms with Crippen LogP contribution in [0.15, 0.2) is 0 Å². The predicted molar refractivity (Wildman–Crippen MR) is 45.0 cm³/mol. The molecule has 2 fully saturated rings. The molecular formula is C8H14N2O3. The van der Waals surface area contributed by atoms with Crippen molar-refractivity contribution in [3.63, 3.8) is 0 Å². The molecule has 2 saturated heterocycles. The minimum absolute atomic E-state index is 0.0503. The lowest BCUT2D eigenvalue weighted by molar-refractivity contribution is -0.136. The van der Waals surface area contributed by atoms with Gasteiger partial charge in [0.2, 0.25) is 5.91 Å². The van der Waals surface area contributed by atoms with Crippen LogP contribution in [0.2, 0.25) is 0 Å². The zero-order valence-electron chi connectivity index (χ0n) is 7.31. The molecule has 2 rings (SSSR count). The van der Waals surface area contributed by atoms with Crippen LogP contribution in [0.1, 0.15) is 0 Å². The molecule has 0 aromatic rings. The molecule has 0 radical (unpaired) electrons. The number of hydrogen-bond donors (Lipinski definition) is 3. The largest absolute Gasteiger partial charge is 0.388 e. The molecule has 1 amide bonds. The summed E-state index contributed by atoms with van der Waals surface area (Å²) in [5, 5.41) is 21.5. The second-order valence-corrected chi connectivity index (χ2v) is 3.73. The number of nitrogens with one attached hydrogen (secondary N) is 1. The highest BCUT2D eigenvalue weighted by molar-refractivity contribution is 5.80. The number of amides is 1. The fraction of sp³-hybridized carbons (Fsp3) is 0.875. The van der Waals surface area contributed by atoms with E-state index in [4.69, 9.17) is 0 Å². The second-order valence-electron chi connectivity index (χ2n) is 3.73. The van der Waals surface area contributed by atoms with Crippen molar-refractivity contribution in [2.75, 3.05) is 26.2 Å². The van der Waals surface area contributed by atoms with Crippen molar-refractivity contribution in [1.29, 1.82) is 0 Å². The van der Waals surface area contributed by atoms with Gasteiger partial charge < -0.3 is 20.4 Å². The van der Waals surface area contributed by atoms with Crippen LogP contribution >= 0.6 is 0 Å². The fourth-order valence-corrected chi connectivity index (χ4v) is 1.67. The number of aliphatic hydroxyl groups excluding tert-OH is 2. The van der Waals surface area contributed by atoms with Crippen molar-refractivity contribution in [1.82, 2.24) is 10.2 Å². The van der Waals surface area contributed by atoms with Gasteiger partial charge in [-0.1, -0.05) is 0 Å². The normalized spacial score (nSPS) is 34.8. The first-order chi connectivity index (χ1) is 6.18. The highest BCUT2D eigenvalue weighted by atomic mass is 16.3. The minimum Gasteiger partial charge on any atom is -0.388 e. The molecule has 2 atom stereocenters. The van der Waals surface area contributed by atoms with E-state index in [-0.39, 0.29) is 24.9 Å². The Kier molecular flexibility index (Phi) is 2.23. The average molecular weight is 186 g/mol. The van der Waals surface area contributed by atoms with Crippen molar-refractivity contribution < 1.29 is 15.0 Å². The highest BCUT2D eigenvalue weighted by Gasteiger charge is 2.37. The van der Waals surface area contributed by atoms with E-state index < -0.39 is 12.2 Å². The first kappa shape index (κ1) is 8.93. The Morgan fingerprint density at radius 3 is 2.15 bits per heavy atom. The number of hydrogen-bond acceptors (Lipinski definition) is 4. The van der Waals surface area contributed by atoms with Gasteiger partial charge in [0.25, 0.3) is 0 Å². The van der Waals surface area contributed by atoms with Crippen molar-refractivity contribution in [2.45, 2.75) is 12.2 Å². The summed E-state index contributed by atoms with van der Waals surface area (Å²) in [5.74, 6) is 0.104. The van der Waals surface area contributed by atoms with E-state index in [2.05, 4.69) is 5.32 Å². The molecule has 13 heavy (non-hydrogen) atoms. The third kappa shape index (κ3) is 1.54. The second kappa shape index (κ2) is 3.25. The zero-order chi connectivity index (χ0) is 9.42. The first-order valence-corrected chi connectivity index (χ1v) is 4.54. The molecular weight excluding hydrogens is 172 g/mol. The lowest BCUT2D eigenvalue weighted by atomic mass is 10.0. The summed E-state index contributed by atoms with van der Waals surface area (Å²) in [5.41, 5.74) is 0. The quantitative estimate of drug-likeness (QED) is 0.433. The predicted octanol–water partition coefficient (Wildman–Crippen LogP) is -2.23. The molecule has 2 aliphatic rings. The summed E-state index contributed by atoms with van der Waals surface area (Å²) >= 11 is 0. The van der Waals surface area contributed by atoms with Crippen LogP contribution in [0.3, 0.4) is 0 Å². The number of nitrogens with zero attached hydrogens (tertiary/aromatic N) is 1. The summed E-state index contributed by atoms with van der Waals surface area (Å²) in [4.78, 5) is 13.1. The van der Waals surface area contributed by atoms with Gasteiger partial charge in [0, 0.05) is 26.2 Å². The molecule has 0 bridgehead atoms. The molecule has 3 N–H and O–H groups in total. The number of likely N-dealkylation sites (tertiary alicyclic amines) is 1. The van der Waals surface area contributed by atoms with Gasteiger partial charge in [0.15, 0.2) is 0 Å². The van der Waals surface area contributed by atoms with Gasteiger partial charge in [-0.2, -0.15) is 0 Å². The van der Waals surface area contributed by atoms with E-state index in [1.165, 1.54) is 0 Å². The van der Waals surface area contributed by atoms with Crippen LogP contribution in [-0.4, -0.2) is 59.4 Å². The molecule has 2 unspecified atom stereocenters. The minimum atomic E-state index is -0.767. The monoisotopic (exact) mass is 186 g/mol. The first-order valence-electron chi connectivity index (χ1n) is 4.54. The Morgan fingerprint density at radius 2 is 1.77 bits per heavy atom. The Morgan fingerprint density at radius 1 is 1.23 bits per heavy atom. The molecule has 0 saturated carbocycles. The van der Waals surface area contributed by atoms with Crippen molar-refractivity contribution >= 4 is 5.91 Å². The Labute approximate surface area is 76.3 Å². The summed E-state index contributed by atoms with van der Waals surface area (Å²) < 4.78 is 0. The van der Waals surface area contributed by atoms with E-state index >= 15 is 0 Å². The Hall–Kier alpha value is -0.650. The van der Waals surface area contributed by atoms with E-state index in [0.29, 0.717) is 0 Å². The van der Waals surface area contributed by atoms with Crippen LogP contribution in [0.4, 0.5) is 0 Å². The van der Waals surface area contributed by atoms with E-state index in [0.717, 1.165) is 13.1 Å². The van der Waals surface area contributed by atoms with Crippen LogP contribution in [0, 0.1) is 5.92 Å². The van der Waals surface area contributed by atoms with Gasteiger partial charge >= 0.3 is 0 Å². The van der Waals surface area contributed by atoms with Gasteiger partial charge in [-0.05, 0) is 0 Å². The van der Waals surface area contributed by atoms with Crippen molar-refractivity contribution in [3.8, 4) is 0 Å². The van der Waals surface area contributed by atoms with Gasteiger partial charge in [-0.3, -0.25) is 4.79 Å². The van der Waals surface area contributed by atoms with E-state index in [1.54, 1.807) is 4.90 Å². The summed E-state index contributed by atoms with van der Waals surface area (Å²) in [6.07, 6.45) is -1.53. The number of β-amino-alcohol motifs (C(OH)–C–C–N with tert-alkyl or cyclic N) is 2. The van der Waals surface area contributed by atoms with Gasteiger partial charge in [0.1, 0.15) is 0 Å². The van der Waals surface area contributed by atoms with Gasteiger partial charge in [0.05, 0.1) is 18.1 Å². The number of aliphatic hydroxyl groups is 2. The summed E-state index contributed by atoms with van der Waals surface area (Å²) in [6, 6.07) is 0. The van der Waals surface area contributed by atoms with Gasteiger partial charge in [-0.15, -0.1) is 0 Å². The van der Waals surface area contributed by atoms with Crippen molar-refractivity contribution in [3.05, 3.63) is 0 Å². The summed E-state index contributed by atoms with van der Waals surface area (Å²) in [6.45, 7) is 2.00. The molecule has 0 aliphatic carbocycles. The van der Waals surface area contributed by atoms with Crippen LogP contribution < -0.4 is 5.32 Å². The smallest absolute Gasteiger partial charge is 0.228 e. The fourth-order valence-electron chi connectivity index (χ4n) is 1.67.